The van der Waals surface area contributed by atoms with Crippen LogP contribution < -0.4 is 11.1 Å². The van der Waals surface area contributed by atoms with Crippen molar-refractivity contribution in [3.63, 3.8) is 0 Å². The highest BCUT2D eigenvalue weighted by molar-refractivity contribution is 7.91. The van der Waals surface area contributed by atoms with Gasteiger partial charge in [-0.2, -0.15) is 8.78 Å². The van der Waals surface area contributed by atoms with Gasteiger partial charge in [-0.25, -0.2) is 8.42 Å². The molecule has 3 N–H and O–H groups in total. The Kier molecular flexibility index (Phi) is 5.58. The summed E-state index contributed by atoms with van der Waals surface area (Å²) < 4.78 is 47.1. The maximum absolute atomic E-state index is 12.3. The largest absolute Gasteiger partial charge is 0.352 e. The third-order valence-corrected chi connectivity index (χ3v) is 4.01. The van der Waals surface area contributed by atoms with Crippen molar-refractivity contribution in [3.05, 3.63) is 29.8 Å². The molecule has 20 heavy (non-hydrogen) atoms. The van der Waals surface area contributed by atoms with E-state index in [1.165, 1.54) is 12.1 Å². The zero-order valence-electron chi connectivity index (χ0n) is 10.8. The molecular formula is C12H16F2N2O3S. The van der Waals surface area contributed by atoms with Gasteiger partial charge in [-0.05, 0) is 24.6 Å². The zero-order valence-corrected chi connectivity index (χ0v) is 11.7. The average Bonchev–Trinajstić information content (AvgIpc) is 2.38. The van der Waals surface area contributed by atoms with Crippen LogP contribution >= 0.6 is 0 Å². The molecule has 1 amide bonds. The fourth-order valence-corrected chi connectivity index (χ4v) is 2.19. The molecule has 1 rings (SSSR count). The fourth-order valence-electron chi connectivity index (χ4n) is 1.47. The molecule has 112 valence electrons. The van der Waals surface area contributed by atoms with Gasteiger partial charge >= 0.3 is 5.76 Å². The molecule has 8 heteroatoms. The average molecular weight is 306 g/mol. The second-order valence-corrected chi connectivity index (χ2v) is 6.25. The summed E-state index contributed by atoms with van der Waals surface area (Å²) in [6.45, 7) is 2.05. The van der Waals surface area contributed by atoms with Gasteiger partial charge in [-0.1, -0.05) is 12.1 Å². The van der Waals surface area contributed by atoms with Gasteiger partial charge in [0.1, 0.15) is 0 Å². The highest BCUT2D eigenvalue weighted by atomic mass is 32.2. The molecule has 1 aromatic carbocycles. The van der Waals surface area contributed by atoms with Gasteiger partial charge < -0.3 is 11.1 Å². The minimum absolute atomic E-state index is 0.0271. The Morgan fingerprint density at radius 2 is 1.85 bits per heavy atom. The second-order valence-electron chi connectivity index (χ2n) is 4.33. The summed E-state index contributed by atoms with van der Waals surface area (Å²) in [5, 5.41) is 2.64. The minimum Gasteiger partial charge on any atom is -0.352 e. The predicted octanol–water partition coefficient (Wildman–Crippen LogP) is 0.689. The topological polar surface area (TPSA) is 89.3 Å². The first kappa shape index (κ1) is 16.5. The monoisotopic (exact) mass is 306 g/mol. The summed E-state index contributed by atoms with van der Waals surface area (Å²) in [6.07, 6.45) is 0.0271. The number of hydrogen-bond acceptors (Lipinski definition) is 4. The maximum atomic E-state index is 12.3. The van der Waals surface area contributed by atoms with Crippen molar-refractivity contribution in [2.24, 2.45) is 5.73 Å². The molecule has 0 saturated heterocycles. The zero-order chi connectivity index (χ0) is 15.3. The van der Waals surface area contributed by atoms with Crippen molar-refractivity contribution in [1.82, 2.24) is 5.32 Å². The number of halogens is 2. The van der Waals surface area contributed by atoms with E-state index in [4.69, 9.17) is 5.73 Å². The van der Waals surface area contributed by atoms with Crippen LogP contribution in [0, 0.1) is 0 Å². The lowest BCUT2D eigenvalue weighted by Gasteiger charge is -2.11. The molecule has 0 saturated carbocycles. The molecular weight excluding hydrogens is 290 g/mol. The molecule has 0 spiro atoms. The van der Waals surface area contributed by atoms with Crippen molar-refractivity contribution in [3.8, 4) is 0 Å². The summed E-state index contributed by atoms with van der Waals surface area (Å²) in [4.78, 5) is 11.1. The third-order valence-electron chi connectivity index (χ3n) is 2.61. The van der Waals surface area contributed by atoms with E-state index < -0.39 is 20.5 Å². The standard InChI is InChI=1S/C12H16F2N2O3S/c1-8(7-15)16-11(17)6-9-2-4-10(5-3-9)20(18,19)12(13)14/h2-5,8,12H,6-7,15H2,1H3,(H,16,17)/t8-/m0/s1. The molecule has 0 bridgehead atoms. The van der Waals surface area contributed by atoms with E-state index in [0.717, 1.165) is 12.1 Å². The normalized spacial score (nSPS) is 13.2. The number of carbonyl (C=O) groups excluding carboxylic acids is 1. The van der Waals surface area contributed by atoms with E-state index in [-0.39, 0.29) is 18.4 Å². The van der Waals surface area contributed by atoms with Crippen molar-refractivity contribution >= 4 is 15.7 Å². The number of rotatable bonds is 6. The number of nitrogens with one attached hydrogen (secondary N) is 1. The summed E-state index contributed by atoms with van der Waals surface area (Å²) in [5.74, 6) is -3.73. The fraction of sp³-hybridized carbons (Fsp3) is 0.417. The van der Waals surface area contributed by atoms with Crippen LogP contribution in [0.5, 0.6) is 0 Å². The molecule has 0 fully saturated rings. The number of benzene rings is 1. The van der Waals surface area contributed by atoms with Gasteiger partial charge in [-0.3, -0.25) is 4.79 Å². The first-order chi connectivity index (χ1) is 9.27. The van der Waals surface area contributed by atoms with Crippen molar-refractivity contribution in [2.75, 3.05) is 6.54 Å². The van der Waals surface area contributed by atoms with Crippen molar-refractivity contribution < 1.29 is 22.0 Å². The molecule has 0 aromatic heterocycles. The molecule has 5 nitrogen and oxygen atoms in total. The SMILES string of the molecule is C[C@@H](CN)NC(=O)Cc1ccc(S(=O)(=O)C(F)F)cc1. The van der Waals surface area contributed by atoms with Crippen LogP contribution in [0.2, 0.25) is 0 Å². The van der Waals surface area contributed by atoms with Crippen molar-refractivity contribution in [1.29, 1.82) is 0 Å². The quantitative estimate of drug-likeness (QED) is 0.809. The van der Waals surface area contributed by atoms with Gasteiger partial charge in [0, 0.05) is 12.6 Å². The van der Waals surface area contributed by atoms with Gasteiger partial charge in [-0.15, -0.1) is 0 Å². The molecule has 0 aliphatic carbocycles. The Balaban J connectivity index is 2.75. The Bertz CT molecular complexity index is 559. The van der Waals surface area contributed by atoms with Crippen LogP contribution in [0.15, 0.2) is 29.2 Å². The van der Waals surface area contributed by atoms with E-state index in [1.807, 2.05) is 0 Å². The minimum atomic E-state index is -4.60. The Hall–Kier alpha value is -1.54. The number of hydrogen-bond donors (Lipinski definition) is 2. The summed E-state index contributed by atoms with van der Waals surface area (Å²) >= 11 is 0. The summed E-state index contributed by atoms with van der Waals surface area (Å²) in [6, 6.07) is 4.64. The molecule has 0 aliphatic rings. The van der Waals surface area contributed by atoms with Crippen LogP contribution in [0.3, 0.4) is 0 Å². The lowest BCUT2D eigenvalue weighted by atomic mass is 10.1. The Morgan fingerprint density at radius 1 is 1.30 bits per heavy atom. The molecule has 0 unspecified atom stereocenters. The van der Waals surface area contributed by atoms with Gasteiger partial charge in [0.15, 0.2) is 0 Å². The molecule has 0 radical (unpaired) electrons. The number of nitrogens with two attached hydrogens (primary N) is 1. The highest BCUT2D eigenvalue weighted by Gasteiger charge is 2.26. The Labute approximate surface area is 116 Å². The number of alkyl halides is 2. The van der Waals surface area contributed by atoms with Crippen LogP contribution in [0.25, 0.3) is 0 Å². The molecule has 0 aliphatic heterocycles. The Morgan fingerprint density at radius 3 is 2.30 bits per heavy atom. The molecule has 1 aromatic rings. The predicted molar refractivity (Wildman–Crippen MR) is 70.0 cm³/mol. The van der Waals surface area contributed by atoms with Crippen LogP contribution in [0.1, 0.15) is 12.5 Å². The second kappa shape index (κ2) is 6.76. The van der Waals surface area contributed by atoms with Crippen molar-refractivity contribution in [2.45, 2.75) is 30.0 Å². The maximum Gasteiger partial charge on any atom is 0.341 e. The number of sulfone groups is 1. The van der Waals surface area contributed by atoms with E-state index in [9.17, 15) is 22.0 Å². The van der Waals surface area contributed by atoms with E-state index >= 15 is 0 Å². The lowest BCUT2D eigenvalue weighted by Crippen LogP contribution is -2.38. The van der Waals surface area contributed by atoms with Gasteiger partial charge in [0.2, 0.25) is 15.7 Å². The lowest BCUT2D eigenvalue weighted by molar-refractivity contribution is -0.120. The molecule has 1 atom stereocenters. The summed E-state index contributed by atoms with van der Waals surface area (Å²) in [5.41, 5.74) is 5.89. The smallest absolute Gasteiger partial charge is 0.341 e. The highest BCUT2D eigenvalue weighted by Crippen LogP contribution is 2.18. The van der Waals surface area contributed by atoms with Crippen LogP contribution in [0.4, 0.5) is 8.78 Å². The number of carbonyl (C=O) groups is 1. The third kappa shape index (κ3) is 4.24. The van der Waals surface area contributed by atoms with E-state index in [1.54, 1.807) is 6.92 Å². The summed E-state index contributed by atoms with van der Waals surface area (Å²) in [7, 11) is -4.60. The van der Waals surface area contributed by atoms with E-state index in [2.05, 4.69) is 5.32 Å². The van der Waals surface area contributed by atoms with E-state index in [0.29, 0.717) is 12.1 Å². The van der Waals surface area contributed by atoms with Gasteiger partial charge in [0.05, 0.1) is 11.3 Å². The molecule has 0 heterocycles. The van der Waals surface area contributed by atoms with Crippen LogP contribution in [-0.2, 0) is 21.1 Å². The van der Waals surface area contributed by atoms with Crippen LogP contribution in [-0.4, -0.2) is 32.7 Å². The first-order valence-corrected chi connectivity index (χ1v) is 7.42. The first-order valence-electron chi connectivity index (χ1n) is 5.87. The van der Waals surface area contributed by atoms with Gasteiger partial charge in [0.25, 0.3) is 0 Å². The number of amides is 1.